The molecule has 88 valence electrons. The molecule has 0 fully saturated rings. The van der Waals surface area contributed by atoms with Crippen molar-refractivity contribution in [1.29, 1.82) is 0 Å². The number of unbranched alkanes of at least 4 members (excludes halogenated alkanes) is 3. The molecule has 0 bridgehead atoms. The van der Waals surface area contributed by atoms with Gasteiger partial charge in [0.2, 0.25) is 0 Å². The van der Waals surface area contributed by atoms with Crippen molar-refractivity contribution < 1.29 is 9.53 Å². The van der Waals surface area contributed by atoms with Gasteiger partial charge in [-0.25, -0.2) is 4.79 Å². The number of nitrogens with two attached hydrogens (primary N) is 1. The summed E-state index contributed by atoms with van der Waals surface area (Å²) in [7, 11) is 0. The summed E-state index contributed by atoms with van der Waals surface area (Å²) < 4.78 is 5.11. The number of aromatic nitrogens is 1. The van der Waals surface area contributed by atoms with Crippen LogP contribution in [-0.4, -0.2) is 17.6 Å². The molecule has 0 atom stereocenters. The summed E-state index contributed by atoms with van der Waals surface area (Å²) in [6.45, 7) is 2.60. The van der Waals surface area contributed by atoms with Crippen molar-refractivity contribution in [2.45, 2.75) is 32.6 Å². The number of anilines is 1. The predicted molar refractivity (Wildman–Crippen MR) is 63.1 cm³/mol. The van der Waals surface area contributed by atoms with Gasteiger partial charge >= 0.3 is 5.97 Å². The van der Waals surface area contributed by atoms with Gasteiger partial charge in [-0.05, 0) is 12.5 Å². The fraction of sp³-hybridized carbons (Fsp3) is 0.500. The van der Waals surface area contributed by atoms with Gasteiger partial charge in [0, 0.05) is 6.20 Å². The zero-order valence-corrected chi connectivity index (χ0v) is 9.61. The van der Waals surface area contributed by atoms with Crippen LogP contribution in [0.15, 0.2) is 18.5 Å². The largest absolute Gasteiger partial charge is 0.462 e. The monoisotopic (exact) mass is 222 g/mol. The Morgan fingerprint density at radius 3 is 2.94 bits per heavy atom. The summed E-state index contributed by atoms with van der Waals surface area (Å²) in [6, 6.07) is 1.57. The SMILES string of the molecule is CCCCCCOC(=O)c1ccncc1N. The second-order valence-corrected chi connectivity index (χ2v) is 3.66. The molecule has 0 amide bonds. The number of hydrogen-bond acceptors (Lipinski definition) is 4. The normalized spacial score (nSPS) is 10.1. The zero-order valence-electron chi connectivity index (χ0n) is 9.61. The quantitative estimate of drug-likeness (QED) is 0.593. The van der Waals surface area contributed by atoms with Crippen LogP contribution in [0.25, 0.3) is 0 Å². The summed E-state index contributed by atoms with van der Waals surface area (Å²) in [4.78, 5) is 15.4. The van der Waals surface area contributed by atoms with Gasteiger partial charge in [-0.3, -0.25) is 4.98 Å². The first kappa shape index (κ1) is 12.5. The molecule has 4 heteroatoms. The molecule has 4 nitrogen and oxygen atoms in total. The molecule has 2 N–H and O–H groups in total. The maximum atomic E-state index is 11.6. The van der Waals surface area contributed by atoms with E-state index < -0.39 is 0 Å². The van der Waals surface area contributed by atoms with E-state index in [9.17, 15) is 4.79 Å². The van der Waals surface area contributed by atoms with E-state index in [1.54, 1.807) is 6.07 Å². The minimum Gasteiger partial charge on any atom is -0.462 e. The van der Waals surface area contributed by atoms with Gasteiger partial charge in [0.05, 0.1) is 24.1 Å². The number of ether oxygens (including phenoxy) is 1. The van der Waals surface area contributed by atoms with Crippen molar-refractivity contribution in [3.63, 3.8) is 0 Å². The molecular formula is C12H18N2O2. The molecule has 16 heavy (non-hydrogen) atoms. The number of esters is 1. The third-order valence-corrected chi connectivity index (χ3v) is 2.30. The fourth-order valence-corrected chi connectivity index (χ4v) is 1.36. The Hall–Kier alpha value is -1.58. The van der Waals surface area contributed by atoms with Crippen LogP contribution < -0.4 is 5.73 Å². The number of carbonyl (C=O) groups excluding carboxylic acids is 1. The van der Waals surface area contributed by atoms with Crippen molar-refractivity contribution in [2.24, 2.45) is 0 Å². The first-order valence-electron chi connectivity index (χ1n) is 5.62. The first-order chi connectivity index (χ1) is 7.75. The van der Waals surface area contributed by atoms with E-state index in [4.69, 9.17) is 10.5 Å². The van der Waals surface area contributed by atoms with Crippen LogP contribution in [0.3, 0.4) is 0 Å². The van der Waals surface area contributed by atoms with Gasteiger partial charge in [-0.2, -0.15) is 0 Å². The van der Waals surface area contributed by atoms with Crippen molar-refractivity contribution in [2.75, 3.05) is 12.3 Å². The highest BCUT2D eigenvalue weighted by molar-refractivity contribution is 5.94. The van der Waals surface area contributed by atoms with Gasteiger partial charge in [0.25, 0.3) is 0 Å². The Balaban J connectivity index is 2.33. The molecule has 1 aromatic rings. The fourth-order valence-electron chi connectivity index (χ4n) is 1.36. The van der Waals surface area contributed by atoms with E-state index >= 15 is 0 Å². The van der Waals surface area contributed by atoms with E-state index in [2.05, 4.69) is 11.9 Å². The van der Waals surface area contributed by atoms with E-state index in [0.717, 1.165) is 12.8 Å². The summed E-state index contributed by atoms with van der Waals surface area (Å²) in [6.07, 6.45) is 7.33. The number of rotatable bonds is 6. The molecule has 0 aliphatic heterocycles. The molecule has 0 aromatic carbocycles. The molecule has 1 rings (SSSR count). The Bertz CT molecular complexity index is 340. The summed E-state index contributed by atoms with van der Waals surface area (Å²) in [5.74, 6) is -0.364. The van der Waals surface area contributed by atoms with Crippen molar-refractivity contribution >= 4 is 11.7 Å². The highest BCUT2D eigenvalue weighted by Gasteiger charge is 2.09. The Morgan fingerprint density at radius 2 is 2.25 bits per heavy atom. The predicted octanol–water partition coefficient (Wildman–Crippen LogP) is 2.40. The molecule has 0 radical (unpaired) electrons. The van der Waals surface area contributed by atoms with Gasteiger partial charge in [0.15, 0.2) is 0 Å². The Labute approximate surface area is 95.8 Å². The number of nitrogen functional groups attached to an aromatic ring is 1. The minimum absolute atomic E-state index is 0.362. The first-order valence-corrected chi connectivity index (χ1v) is 5.62. The van der Waals surface area contributed by atoms with E-state index in [-0.39, 0.29) is 5.97 Å². The van der Waals surface area contributed by atoms with Gasteiger partial charge in [-0.15, -0.1) is 0 Å². The maximum Gasteiger partial charge on any atom is 0.340 e. The highest BCUT2D eigenvalue weighted by atomic mass is 16.5. The number of pyridine rings is 1. The molecular weight excluding hydrogens is 204 g/mol. The number of hydrogen-bond donors (Lipinski definition) is 1. The molecule has 0 saturated carbocycles. The number of nitrogens with zero attached hydrogens (tertiary/aromatic N) is 1. The lowest BCUT2D eigenvalue weighted by Gasteiger charge is -2.05. The van der Waals surface area contributed by atoms with E-state index in [0.29, 0.717) is 17.9 Å². The average molecular weight is 222 g/mol. The van der Waals surface area contributed by atoms with Crippen LogP contribution in [0.4, 0.5) is 5.69 Å². The second-order valence-electron chi connectivity index (χ2n) is 3.66. The lowest BCUT2D eigenvalue weighted by Crippen LogP contribution is -2.09. The molecule has 1 heterocycles. The molecule has 0 saturated heterocycles. The maximum absolute atomic E-state index is 11.6. The van der Waals surface area contributed by atoms with Crippen molar-refractivity contribution in [1.82, 2.24) is 4.98 Å². The summed E-state index contributed by atoms with van der Waals surface area (Å²) in [5, 5.41) is 0. The van der Waals surface area contributed by atoms with Crippen LogP contribution in [0.2, 0.25) is 0 Å². The van der Waals surface area contributed by atoms with Crippen LogP contribution >= 0.6 is 0 Å². The highest BCUT2D eigenvalue weighted by Crippen LogP contribution is 2.10. The molecule has 1 aromatic heterocycles. The van der Waals surface area contributed by atoms with Gasteiger partial charge in [0.1, 0.15) is 0 Å². The number of carbonyl (C=O) groups is 1. The lowest BCUT2D eigenvalue weighted by molar-refractivity contribution is 0.0499. The lowest BCUT2D eigenvalue weighted by atomic mass is 10.2. The third kappa shape index (κ3) is 3.88. The average Bonchev–Trinajstić information content (AvgIpc) is 2.29. The summed E-state index contributed by atoms with van der Waals surface area (Å²) >= 11 is 0. The minimum atomic E-state index is -0.364. The second kappa shape index (κ2) is 6.82. The van der Waals surface area contributed by atoms with E-state index in [1.165, 1.54) is 25.2 Å². The molecule has 0 aliphatic carbocycles. The zero-order chi connectivity index (χ0) is 11.8. The van der Waals surface area contributed by atoms with Crippen LogP contribution in [0.5, 0.6) is 0 Å². The van der Waals surface area contributed by atoms with Crippen LogP contribution in [-0.2, 0) is 4.74 Å². The summed E-state index contributed by atoms with van der Waals surface area (Å²) in [5.41, 5.74) is 6.37. The van der Waals surface area contributed by atoms with Gasteiger partial charge in [-0.1, -0.05) is 26.2 Å². The molecule has 0 aliphatic rings. The molecule has 0 unspecified atom stereocenters. The van der Waals surface area contributed by atoms with Crippen molar-refractivity contribution in [3.05, 3.63) is 24.0 Å². The Kier molecular flexibility index (Phi) is 5.32. The third-order valence-electron chi connectivity index (χ3n) is 2.30. The standard InChI is InChI=1S/C12H18N2O2/c1-2-3-4-5-8-16-12(15)10-6-7-14-9-11(10)13/h6-7,9H,2-5,8,13H2,1H3. The molecule has 0 spiro atoms. The van der Waals surface area contributed by atoms with Crippen molar-refractivity contribution in [3.8, 4) is 0 Å². The van der Waals surface area contributed by atoms with Crippen LogP contribution in [0.1, 0.15) is 43.0 Å². The van der Waals surface area contributed by atoms with E-state index in [1.807, 2.05) is 0 Å². The Morgan fingerprint density at radius 1 is 1.44 bits per heavy atom. The van der Waals surface area contributed by atoms with Crippen LogP contribution in [0, 0.1) is 0 Å². The smallest absolute Gasteiger partial charge is 0.340 e. The van der Waals surface area contributed by atoms with Gasteiger partial charge < -0.3 is 10.5 Å². The topological polar surface area (TPSA) is 65.2 Å².